The normalized spacial score (nSPS) is 10.2. The van der Waals surface area contributed by atoms with Crippen molar-refractivity contribution in [1.82, 2.24) is 15.0 Å². The van der Waals surface area contributed by atoms with Crippen LogP contribution in [-0.2, 0) is 0 Å². The Morgan fingerprint density at radius 3 is 2.44 bits per heavy atom. The van der Waals surface area contributed by atoms with Gasteiger partial charge in [-0.3, -0.25) is 0 Å². The second-order valence-electron chi connectivity index (χ2n) is 4.37. The van der Waals surface area contributed by atoms with E-state index in [0.29, 0.717) is 0 Å². The molecule has 0 saturated carbocycles. The van der Waals surface area contributed by atoms with Gasteiger partial charge in [-0.1, -0.05) is 0 Å². The number of pyridine rings is 1. The fraction of sp³-hybridized carbons (Fsp3) is 0.308. The van der Waals surface area contributed by atoms with Crippen LogP contribution in [0, 0.1) is 13.8 Å². The molecule has 0 unspecified atom stereocenters. The molecule has 0 aliphatic heterocycles. The molecule has 94 valence electrons. The number of anilines is 3. The summed E-state index contributed by atoms with van der Waals surface area (Å²) in [6, 6.07) is 5.85. The second-order valence-corrected chi connectivity index (χ2v) is 4.37. The van der Waals surface area contributed by atoms with Gasteiger partial charge in [0.15, 0.2) is 0 Å². The van der Waals surface area contributed by atoms with Crippen molar-refractivity contribution in [3.63, 3.8) is 0 Å². The summed E-state index contributed by atoms with van der Waals surface area (Å²) < 4.78 is 0. The summed E-state index contributed by atoms with van der Waals surface area (Å²) in [5.41, 5.74) is 1.86. The van der Waals surface area contributed by atoms with E-state index < -0.39 is 0 Å². The Morgan fingerprint density at radius 2 is 1.89 bits per heavy atom. The molecule has 2 aromatic rings. The van der Waals surface area contributed by atoms with Crippen molar-refractivity contribution in [2.45, 2.75) is 13.8 Å². The van der Waals surface area contributed by atoms with Crippen molar-refractivity contribution in [3.05, 3.63) is 35.9 Å². The number of nitrogens with one attached hydrogen (secondary N) is 1. The molecule has 0 aliphatic rings. The fourth-order valence-electron chi connectivity index (χ4n) is 1.65. The number of hydrogen-bond acceptors (Lipinski definition) is 5. The minimum absolute atomic E-state index is 0.760. The lowest BCUT2D eigenvalue weighted by Gasteiger charge is -2.12. The standard InChI is InChI=1S/C13H17N5/c1-9-7-12(16-10(2)15-9)17-11-5-6-13(14-8-11)18(3)4/h5-8H,1-4H3,(H,15,16,17). The molecule has 5 nitrogen and oxygen atoms in total. The maximum Gasteiger partial charge on any atom is 0.134 e. The van der Waals surface area contributed by atoms with Crippen LogP contribution in [0.4, 0.5) is 17.3 Å². The molecule has 2 aromatic heterocycles. The number of hydrogen-bond donors (Lipinski definition) is 1. The molecule has 0 aromatic carbocycles. The first-order valence-corrected chi connectivity index (χ1v) is 5.77. The zero-order chi connectivity index (χ0) is 13.1. The van der Waals surface area contributed by atoms with Crippen molar-refractivity contribution >= 4 is 17.3 Å². The first kappa shape index (κ1) is 12.3. The third-order valence-electron chi connectivity index (χ3n) is 2.44. The lowest BCUT2D eigenvalue weighted by atomic mass is 10.3. The van der Waals surface area contributed by atoms with Gasteiger partial charge >= 0.3 is 0 Å². The number of aromatic nitrogens is 3. The first-order chi connectivity index (χ1) is 8.54. The SMILES string of the molecule is Cc1cc(Nc2ccc(N(C)C)nc2)nc(C)n1. The van der Waals surface area contributed by atoms with E-state index in [4.69, 9.17) is 0 Å². The molecular weight excluding hydrogens is 226 g/mol. The molecule has 0 spiro atoms. The highest BCUT2D eigenvalue weighted by Crippen LogP contribution is 2.16. The van der Waals surface area contributed by atoms with Gasteiger partial charge in [-0.25, -0.2) is 15.0 Å². The highest BCUT2D eigenvalue weighted by atomic mass is 15.1. The number of rotatable bonds is 3. The van der Waals surface area contributed by atoms with E-state index in [0.717, 1.165) is 28.8 Å². The number of aryl methyl sites for hydroxylation is 2. The molecule has 18 heavy (non-hydrogen) atoms. The minimum Gasteiger partial charge on any atom is -0.363 e. The van der Waals surface area contributed by atoms with Gasteiger partial charge in [-0.05, 0) is 26.0 Å². The Morgan fingerprint density at radius 1 is 1.11 bits per heavy atom. The average Bonchev–Trinajstić information content (AvgIpc) is 2.28. The smallest absolute Gasteiger partial charge is 0.134 e. The van der Waals surface area contributed by atoms with E-state index in [1.807, 2.05) is 51.0 Å². The van der Waals surface area contributed by atoms with Crippen molar-refractivity contribution in [3.8, 4) is 0 Å². The van der Waals surface area contributed by atoms with Crippen LogP contribution in [0.25, 0.3) is 0 Å². The van der Waals surface area contributed by atoms with Gasteiger partial charge in [0, 0.05) is 25.9 Å². The lowest BCUT2D eigenvalue weighted by molar-refractivity contribution is 1.01. The maximum atomic E-state index is 4.34. The van der Waals surface area contributed by atoms with Crippen LogP contribution in [-0.4, -0.2) is 29.0 Å². The zero-order valence-electron chi connectivity index (χ0n) is 11.1. The Bertz CT molecular complexity index is 513. The van der Waals surface area contributed by atoms with Crippen LogP contribution in [0.3, 0.4) is 0 Å². The summed E-state index contributed by atoms with van der Waals surface area (Å²) in [5, 5.41) is 3.22. The van der Waals surface area contributed by atoms with E-state index in [1.54, 1.807) is 6.20 Å². The molecule has 0 bridgehead atoms. The largest absolute Gasteiger partial charge is 0.363 e. The summed E-state index contributed by atoms with van der Waals surface area (Å²) >= 11 is 0. The maximum absolute atomic E-state index is 4.34. The summed E-state index contributed by atoms with van der Waals surface area (Å²) in [4.78, 5) is 14.9. The molecule has 0 fully saturated rings. The van der Waals surface area contributed by atoms with Gasteiger partial charge < -0.3 is 10.2 Å². The van der Waals surface area contributed by atoms with Crippen LogP contribution in [0.2, 0.25) is 0 Å². The monoisotopic (exact) mass is 243 g/mol. The van der Waals surface area contributed by atoms with Gasteiger partial charge in [-0.15, -0.1) is 0 Å². The van der Waals surface area contributed by atoms with E-state index in [9.17, 15) is 0 Å². The van der Waals surface area contributed by atoms with Crippen molar-refractivity contribution in [2.75, 3.05) is 24.3 Å². The molecule has 0 amide bonds. The van der Waals surface area contributed by atoms with Crippen LogP contribution in [0.1, 0.15) is 11.5 Å². The van der Waals surface area contributed by atoms with Crippen molar-refractivity contribution in [2.24, 2.45) is 0 Å². The molecule has 1 N–H and O–H groups in total. The van der Waals surface area contributed by atoms with E-state index >= 15 is 0 Å². The highest BCUT2D eigenvalue weighted by Gasteiger charge is 2.01. The van der Waals surface area contributed by atoms with Crippen molar-refractivity contribution in [1.29, 1.82) is 0 Å². The third kappa shape index (κ3) is 2.94. The van der Waals surface area contributed by atoms with Gasteiger partial charge in [0.1, 0.15) is 17.5 Å². The molecule has 0 atom stereocenters. The van der Waals surface area contributed by atoms with Gasteiger partial charge in [0.05, 0.1) is 11.9 Å². The molecule has 2 heterocycles. The second kappa shape index (κ2) is 5.00. The molecule has 0 aliphatic carbocycles. The molecule has 0 radical (unpaired) electrons. The molecular formula is C13H17N5. The third-order valence-corrected chi connectivity index (χ3v) is 2.44. The van der Waals surface area contributed by atoms with Gasteiger partial charge in [-0.2, -0.15) is 0 Å². The molecule has 2 rings (SSSR count). The quantitative estimate of drug-likeness (QED) is 0.896. The Balaban J connectivity index is 2.18. The number of nitrogens with zero attached hydrogens (tertiary/aromatic N) is 4. The van der Waals surface area contributed by atoms with Gasteiger partial charge in [0.25, 0.3) is 0 Å². The van der Waals surface area contributed by atoms with Crippen molar-refractivity contribution < 1.29 is 0 Å². The van der Waals surface area contributed by atoms with Gasteiger partial charge in [0.2, 0.25) is 0 Å². The van der Waals surface area contributed by atoms with E-state index in [-0.39, 0.29) is 0 Å². The summed E-state index contributed by atoms with van der Waals surface area (Å²) in [5.74, 6) is 2.48. The Kier molecular flexibility index (Phi) is 3.41. The van der Waals surface area contributed by atoms with E-state index in [2.05, 4.69) is 20.3 Å². The highest BCUT2D eigenvalue weighted by molar-refractivity contribution is 5.57. The predicted octanol–water partition coefficient (Wildman–Crippen LogP) is 2.30. The fourth-order valence-corrected chi connectivity index (χ4v) is 1.65. The summed E-state index contributed by atoms with van der Waals surface area (Å²) in [7, 11) is 3.93. The predicted molar refractivity (Wildman–Crippen MR) is 73.4 cm³/mol. The van der Waals surface area contributed by atoms with E-state index in [1.165, 1.54) is 0 Å². The zero-order valence-corrected chi connectivity index (χ0v) is 11.1. The van der Waals surface area contributed by atoms with Crippen LogP contribution >= 0.6 is 0 Å². The van der Waals surface area contributed by atoms with Crippen LogP contribution in [0.15, 0.2) is 24.4 Å². The summed E-state index contributed by atoms with van der Waals surface area (Å²) in [6.45, 7) is 3.83. The molecule has 0 saturated heterocycles. The summed E-state index contributed by atoms with van der Waals surface area (Å²) in [6.07, 6.45) is 1.79. The lowest BCUT2D eigenvalue weighted by Crippen LogP contribution is -2.10. The first-order valence-electron chi connectivity index (χ1n) is 5.77. The minimum atomic E-state index is 0.760. The average molecular weight is 243 g/mol. The molecule has 5 heteroatoms. The van der Waals surface area contributed by atoms with Crippen LogP contribution in [0.5, 0.6) is 0 Å². The topological polar surface area (TPSA) is 53.9 Å². The Labute approximate surface area is 107 Å². The van der Waals surface area contributed by atoms with Crippen LogP contribution < -0.4 is 10.2 Å². The Hall–Kier alpha value is -2.17.